The second kappa shape index (κ2) is 6.61. The first-order chi connectivity index (χ1) is 8.47. The molecule has 6 nitrogen and oxygen atoms in total. The highest BCUT2D eigenvalue weighted by Gasteiger charge is 2.04. The number of hydrogen-bond donors (Lipinski definition) is 3. The average Bonchev–Trinajstić information content (AvgIpc) is 2.29. The van der Waals surface area contributed by atoms with Gasteiger partial charge in [0, 0.05) is 16.4 Å². The molecule has 4 N–H and O–H groups in total. The van der Waals surface area contributed by atoms with Gasteiger partial charge in [-0.25, -0.2) is 10.2 Å². The van der Waals surface area contributed by atoms with Crippen LogP contribution in [0.15, 0.2) is 29.4 Å². The van der Waals surface area contributed by atoms with Gasteiger partial charge in [-0.05, 0) is 31.2 Å². The van der Waals surface area contributed by atoms with E-state index in [0.29, 0.717) is 16.4 Å². The first-order valence-corrected chi connectivity index (χ1v) is 5.49. The Balaban J connectivity index is 2.49. The number of urea groups is 1. The zero-order valence-corrected chi connectivity index (χ0v) is 10.5. The molecular weight excluding hydrogens is 256 g/mol. The minimum absolute atomic E-state index is 0.0584. The van der Waals surface area contributed by atoms with E-state index in [9.17, 15) is 9.59 Å². The predicted molar refractivity (Wildman–Crippen MR) is 70.5 cm³/mol. The lowest BCUT2D eigenvalue weighted by molar-refractivity contribution is -0.115. The second-order valence-electron chi connectivity index (χ2n) is 3.55. The lowest BCUT2D eigenvalue weighted by Gasteiger charge is -2.05. The van der Waals surface area contributed by atoms with Gasteiger partial charge in [-0.15, -0.1) is 0 Å². The van der Waals surface area contributed by atoms with Crippen LogP contribution in [0.3, 0.4) is 0 Å². The van der Waals surface area contributed by atoms with Gasteiger partial charge in [0.25, 0.3) is 0 Å². The van der Waals surface area contributed by atoms with Crippen LogP contribution in [0.25, 0.3) is 0 Å². The SMILES string of the molecule is C/C(CC(=O)Nc1ccc(Cl)cc1)=N\NC(N)=O. The number of rotatable bonds is 4. The minimum atomic E-state index is -0.771. The van der Waals surface area contributed by atoms with Crippen molar-refractivity contribution in [1.82, 2.24) is 5.43 Å². The highest BCUT2D eigenvalue weighted by atomic mass is 35.5. The molecule has 0 heterocycles. The highest BCUT2D eigenvalue weighted by Crippen LogP contribution is 2.13. The molecule has 0 saturated carbocycles. The Morgan fingerprint density at radius 3 is 2.50 bits per heavy atom. The molecule has 0 aliphatic carbocycles. The molecule has 0 aromatic heterocycles. The zero-order chi connectivity index (χ0) is 13.5. The van der Waals surface area contributed by atoms with Crippen LogP contribution in [0.5, 0.6) is 0 Å². The number of nitrogens with two attached hydrogens (primary N) is 1. The summed E-state index contributed by atoms with van der Waals surface area (Å²) in [4.78, 5) is 22.0. The standard InChI is InChI=1S/C11H13ClN4O2/c1-7(15-16-11(13)18)6-10(17)14-9-4-2-8(12)3-5-9/h2-5H,6H2,1H3,(H,14,17)(H3,13,16,18)/b15-7+. The van der Waals surface area contributed by atoms with Crippen molar-refractivity contribution in [2.75, 3.05) is 5.32 Å². The molecule has 0 saturated heterocycles. The van der Waals surface area contributed by atoms with Crippen molar-refractivity contribution < 1.29 is 9.59 Å². The third-order valence-corrected chi connectivity index (χ3v) is 2.15. The highest BCUT2D eigenvalue weighted by molar-refractivity contribution is 6.30. The van der Waals surface area contributed by atoms with Crippen molar-refractivity contribution in [3.05, 3.63) is 29.3 Å². The number of halogens is 1. The molecule has 0 atom stereocenters. The van der Waals surface area contributed by atoms with Gasteiger partial charge in [0.2, 0.25) is 5.91 Å². The molecule has 1 aromatic rings. The Morgan fingerprint density at radius 1 is 1.33 bits per heavy atom. The Bertz CT molecular complexity index is 470. The van der Waals surface area contributed by atoms with Crippen molar-refractivity contribution >= 4 is 34.9 Å². The Hall–Kier alpha value is -2.08. The molecule has 1 aromatic carbocycles. The fourth-order valence-corrected chi connectivity index (χ4v) is 1.29. The average molecular weight is 269 g/mol. The molecule has 0 radical (unpaired) electrons. The summed E-state index contributed by atoms with van der Waals surface area (Å²) in [5.74, 6) is -0.246. The third-order valence-electron chi connectivity index (χ3n) is 1.90. The molecule has 18 heavy (non-hydrogen) atoms. The van der Waals surface area contributed by atoms with Gasteiger partial charge in [-0.3, -0.25) is 4.79 Å². The smallest absolute Gasteiger partial charge is 0.332 e. The molecular formula is C11H13ClN4O2. The number of carbonyl (C=O) groups excluding carboxylic acids is 2. The number of primary amides is 1. The van der Waals surface area contributed by atoms with E-state index in [1.165, 1.54) is 0 Å². The van der Waals surface area contributed by atoms with Crippen LogP contribution in [-0.2, 0) is 4.79 Å². The first-order valence-electron chi connectivity index (χ1n) is 5.11. The summed E-state index contributed by atoms with van der Waals surface area (Å²) in [7, 11) is 0. The zero-order valence-electron chi connectivity index (χ0n) is 9.74. The fraction of sp³-hybridized carbons (Fsp3) is 0.182. The summed E-state index contributed by atoms with van der Waals surface area (Å²) in [6.07, 6.45) is 0.0584. The lowest BCUT2D eigenvalue weighted by Crippen LogP contribution is -2.26. The second-order valence-corrected chi connectivity index (χ2v) is 3.99. The molecule has 3 amide bonds. The van der Waals surface area contributed by atoms with E-state index in [1.54, 1.807) is 31.2 Å². The summed E-state index contributed by atoms with van der Waals surface area (Å²) < 4.78 is 0. The fourth-order valence-electron chi connectivity index (χ4n) is 1.16. The lowest BCUT2D eigenvalue weighted by atomic mass is 10.2. The van der Waals surface area contributed by atoms with E-state index in [0.717, 1.165) is 0 Å². The molecule has 0 aliphatic rings. The number of hydrogen-bond acceptors (Lipinski definition) is 3. The molecule has 96 valence electrons. The number of nitrogens with one attached hydrogen (secondary N) is 2. The maximum atomic E-state index is 11.6. The van der Waals surface area contributed by atoms with Crippen LogP contribution in [-0.4, -0.2) is 17.6 Å². The molecule has 0 bridgehead atoms. The largest absolute Gasteiger partial charge is 0.350 e. The number of hydrazone groups is 1. The van der Waals surface area contributed by atoms with Crippen LogP contribution in [0, 0.1) is 0 Å². The van der Waals surface area contributed by atoms with Gasteiger partial charge in [0.05, 0.1) is 6.42 Å². The first kappa shape index (κ1) is 14.0. The van der Waals surface area contributed by atoms with Crippen molar-refractivity contribution in [2.24, 2.45) is 10.8 Å². The minimum Gasteiger partial charge on any atom is -0.350 e. The summed E-state index contributed by atoms with van der Waals surface area (Å²) in [5, 5.41) is 6.89. The number of nitrogens with zero attached hydrogens (tertiary/aromatic N) is 1. The molecule has 7 heteroatoms. The van der Waals surface area contributed by atoms with E-state index in [-0.39, 0.29) is 12.3 Å². The number of anilines is 1. The van der Waals surface area contributed by atoms with Gasteiger partial charge in [-0.1, -0.05) is 11.6 Å². The Labute approximate surface area is 109 Å². The molecule has 0 fully saturated rings. The molecule has 0 aliphatic heterocycles. The molecule has 0 unspecified atom stereocenters. The Morgan fingerprint density at radius 2 is 1.94 bits per heavy atom. The van der Waals surface area contributed by atoms with E-state index in [2.05, 4.69) is 15.8 Å². The van der Waals surface area contributed by atoms with Crippen LogP contribution in [0.2, 0.25) is 5.02 Å². The number of benzene rings is 1. The van der Waals surface area contributed by atoms with Crippen molar-refractivity contribution in [3.8, 4) is 0 Å². The molecule has 1 rings (SSSR count). The van der Waals surface area contributed by atoms with Crippen LogP contribution in [0.4, 0.5) is 10.5 Å². The van der Waals surface area contributed by atoms with Gasteiger partial charge in [0.15, 0.2) is 0 Å². The Kier molecular flexibility index (Phi) is 5.13. The van der Waals surface area contributed by atoms with Crippen LogP contribution < -0.4 is 16.5 Å². The van der Waals surface area contributed by atoms with Gasteiger partial charge < -0.3 is 11.1 Å². The number of carbonyl (C=O) groups is 2. The van der Waals surface area contributed by atoms with Crippen LogP contribution in [0.1, 0.15) is 13.3 Å². The summed E-state index contributed by atoms with van der Waals surface area (Å²) in [5.41, 5.74) is 7.97. The summed E-state index contributed by atoms with van der Waals surface area (Å²) in [6.45, 7) is 1.61. The van der Waals surface area contributed by atoms with Crippen molar-refractivity contribution in [1.29, 1.82) is 0 Å². The topological polar surface area (TPSA) is 96.6 Å². The van der Waals surface area contributed by atoms with E-state index in [1.807, 2.05) is 0 Å². The van der Waals surface area contributed by atoms with E-state index in [4.69, 9.17) is 17.3 Å². The summed E-state index contributed by atoms with van der Waals surface area (Å²) >= 11 is 5.72. The van der Waals surface area contributed by atoms with E-state index < -0.39 is 6.03 Å². The predicted octanol–water partition coefficient (Wildman–Crippen LogP) is 1.71. The normalized spacial score (nSPS) is 10.9. The van der Waals surface area contributed by atoms with Gasteiger partial charge >= 0.3 is 6.03 Å². The molecule has 0 spiro atoms. The maximum Gasteiger partial charge on any atom is 0.332 e. The quantitative estimate of drug-likeness (QED) is 0.572. The monoisotopic (exact) mass is 268 g/mol. The summed E-state index contributed by atoms with van der Waals surface area (Å²) in [6, 6.07) is 5.95. The van der Waals surface area contributed by atoms with Gasteiger partial charge in [0.1, 0.15) is 0 Å². The van der Waals surface area contributed by atoms with Crippen molar-refractivity contribution in [3.63, 3.8) is 0 Å². The van der Waals surface area contributed by atoms with Crippen molar-refractivity contribution in [2.45, 2.75) is 13.3 Å². The number of amides is 3. The van der Waals surface area contributed by atoms with Gasteiger partial charge in [-0.2, -0.15) is 5.10 Å². The third kappa shape index (κ3) is 5.31. The van der Waals surface area contributed by atoms with E-state index >= 15 is 0 Å². The van der Waals surface area contributed by atoms with Crippen LogP contribution >= 0.6 is 11.6 Å². The maximum absolute atomic E-state index is 11.6.